The van der Waals surface area contributed by atoms with E-state index < -0.39 is 0 Å². The van der Waals surface area contributed by atoms with Crippen LogP contribution in [0.4, 0.5) is 5.69 Å². The number of rotatable bonds is 5. The summed E-state index contributed by atoms with van der Waals surface area (Å²) in [6.45, 7) is 2.61. The van der Waals surface area contributed by atoms with Crippen molar-refractivity contribution >= 4 is 40.0 Å². The number of hydrogen-bond acceptors (Lipinski definition) is 5. The molecular weight excluding hydrogens is 358 g/mol. The number of amides is 1. The van der Waals surface area contributed by atoms with Crippen LogP contribution < -0.4 is 4.90 Å². The van der Waals surface area contributed by atoms with Crippen LogP contribution in [0.2, 0.25) is 0 Å². The number of hydrogen-bond donors (Lipinski definition) is 0. The first kappa shape index (κ1) is 17.7. The third kappa shape index (κ3) is 3.71. The van der Waals surface area contributed by atoms with E-state index in [0.29, 0.717) is 23.6 Å². The molecule has 0 radical (unpaired) electrons. The molecule has 1 aliphatic heterocycles. The van der Waals surface area contributed by atoms with Gasteiger partial charge < -0.3 is 4.90 Å². The van der Waals surface area contributed by atoms with Crippen LogP contribution in [0.5, 0.6) is 0 Å². The molecular formula is C21H19N3O2S. The molecule has 2 aromatic carbocycles. The lowest BCUT2D eigenvalue weighted by molar-refractivity contribution is -0.117. The predicted octanol–water partition coefficient (Wildman–Crippen LogP) is 4.04. The molecule has 0 N–H and O–H groups in total. The largest absolute Gasteiger partial charge is 0.312 e. The highest BCUT2D eigenvalue weighted by Crippen LogP contribution is 2.26. The molecule has 1 aromatic heterocycles. The lowest BCUT2D eigenvalue weighted by Crippen LogP contribution is -2.23. The highest BCUT2D eigenvalue weighted by atomic mass is 32.2. The summed E-state index contributed by atoms with van der Waals surface area (Å²) in [7, 11) is 0. The summed E-state index contributed by atoms with van der Waals surface area (Å²) < 4.78 is 0. The van der Waals surface area contributed by atoms with Crippen LogP contribution in [0.15, 0.2) is 53.6 Å². The third-order valence-electron chi connectivity index (χ3n) is 4.59. The van der Waals surface area contributed by atoms with E-state index in [9.17, 15) is 9.59 Å². The Bertz CT molecular complexity index is 1020. The van der Waals surface area contributed by atoms with Gasteiger partial charge in [-0.25, -0.2) is 9.97 Å². The van der Waals surface area contributed by atoms with Crippen molar-refractivity contribution in [1.82, 2.24) is 9.97 Å². The molecule has 6 heteroatoms. The smallest absolute Gasteiger partial charge is 0.227 e. The molecule has 1 fully saturated rings. The summed E-state index contributed by atoms with van der Waals surface area (Å²) in [6.07, 6.45) is 1.49. The highest BCUT2D eigenvalue weighted by molar-refractivity contribution is 8.00. The lowest BCUT2D eigenvalue weighted by Gasteiger charge is -2.15. The molecule has 0 unspecified atom stereocenters. The molecule has 3 aromatic rings. The fraction of sp³-hybridized carbons (Fsp3) is 0.238. The van der Waals surface area contributed by atoms with Gasteiger partial charge in [-0.2, -0.15) is 0 Å². The summed E-state index contributed by atoms with van der Waals surface area (Å²) in [5, 5.41) is 1.79. The van der Waals surface area contributed by atoms with Crippen molar-refractivity contribution in [3.63, 3.8) is 0 Å². The number of carbonyl (C=O) groups is 2. The zero-order chi connectivity index (χ0) is 18.8. The van der Waals surface area contributed by atoms with Crippen LogP contribution >= 0.6 is 11.8 Å². The van der Waals surface area contributed by atoms with Crippen molar-refractivity contribution in [3.8, 4) is 0 Å². The van der Waals surface area contributed by atoms with Gasteiger partial charge in [0.05, 0.1) is 11.3 Å². The van der Waals surface area contributed by atoms with E-state index >= 15 is 0 Å². The number of thioether (sulfide) groups is 1. The van der Waals surface area contributed by atoms with Crippen molar-refractivity contribution in [2.75, 3.05) is 17.2 Å². The average molecular weight is 377 g/mol. The molecule has 1 saturated heterocycles. The number of Topliss-reactive ketones (excluding diaryl/α,β-unsaturated/α-hetero) is 1. The Kier molecular flexibility index (Phi) is 4.90. The molecule has 0 saturated carbocycles. The lowest BCUT2D eigenvalue weighted by atomic mass is 10.1. The number of fused-ring (bicyclic) bond motifs is 1. The summed E-state index contributed by atoms with van der Waals surface area (Å²) in [6, 6.07) is 15.1. The number of benzene rings is 2. The average Bonchev–Trinajstić information content (AvgIpc) is 3.11. The van der Waals surface area contributed by atoms with Gasteiger partial charge in [0.25, 0.3) is 0 Å². The Morgan fingerprint density at radius 3 is 2.63 bits per heavy atom. The number of aromatic nitrogens is 2. The van der Waals surface area contributed by atoms with E-state index in [2.05, 4.69) is 9.97 Å². The van der Waals surface area contributed by atoms with E-state index in [0.717, 1.165) is 34.6 Å². The Hall–Kier alpha value is -2.73. The molecule has 2 heterocycles. The number of carbonyl (C=O) groups excluding carboxylic acids is 2. The SMILES string of the molecule is Cc1nc(SCC(=O)c2ccc(N3CCCC3=O)cc2)c2ccccc2n1. The quantitative estimate of drug-likeness (QED) is 0.381. The number of nitrogens with zero attached hydrogens (tertiary/aromatic N) is 3. The van der Waals surface area contributed by atoms with Gasteiger partial charge in [-0.3, -0.25) is 9.59 Å². The van der Waals surface area contributed by atoms with Gasteiger partial charge in [-0.05, 0) is 43.7 Å². The normalized spacial score (nSPS) is 14.1. The molecule has 27 heavy (non-hydrogen) atoms. The zero-order valence-electron chi connectivity index (χ0n) is 15.0. The zero-order valence-corrected chi connectivity index (χ0v) is 15.8. The number of ketones is 1. The molecule has 1 aliphatic rings. The molecule has 5 nitrogen and oxygen atoms in total. The fourth-order valence-electron chi connectivity index (χ4n) is 3.23. The van der Waals surface area contributed by atoms with Crippen LogP contribution in [0.3, 0.4) is 0 Å². The van der Waals surface area contributed by atoms with Gasteiger partial charge in [0.1, 0.15) is 10.9 Å². The van der Waals surface area contributed by atoms with Crippen LogP contribution in [0.1, 0.15) is 29.0 Å². The number of para-hydroxylation sites is 1. The van der Waals surface area contributed by atoms with E-state index in [1.165, 1.54) is 11.8 Å². The summed E-state index contributed by atoms with van der Waals surface area (Å²) >= 11 is 1.43. The Morgan fingerprint density at radius 2 is 1.89 bits per heavy atom. The summed E-state index contributed by atoms with van der Waals surface area (Å²) in [5.74, 6) is 1.20. The molecule has 0 spiro atoms. The van der Waals surface area contributed by atoms with Crippen LogP contribution in [-0.2, 0) is 4.79 Å². The van der Waals surface area contributed by atoms with E-state index in [1.54, 1.807) is 17.0 Å². The van der Waals surface area contributed by atoms with Gasteiger partial charge in [-0.15, -0.1) is 0 Å². The monoisotopic (exact) mass is 377 g/mol. The van der Waals surface area contributed by atoms with Crippen LogP contribution in [0, 0.1) is 6.92 Å². The first-order valence-corrected chi connectivity index (χ1v) is 9.90. The molecule has 4 rings (SSSR count). The summed E-state index contributed by atoms with van der Waals surface area (Å²) in [4.78, 5) is 35.1. The van der Waals surface area contributed by atoms with Crippen LogP contribution in [-0.4, -0.2) is 34.0 Å². The number of aryl methyl sites for hydroxylation is 1. The molecule has 0 atom stereocenters. The molecule has 136 valence electrons. The maximum atomic E-state index is 12.6. The van der Waals surface area contributed by atoms with E-state index in [1.807, 2.05) is 43.3 Å². The van der Waals surface area contributed by atoms with Crippen molar-refractivity contribution < 1.29 is 9.59 Å². The highest BCUT2D eigenvalue weighted by Gasteiger charge is 2.21. The van der Waals surface area contributed by atoms with E-state index in [4.69, 9.17) is 0 Å². The fourth-order valence-corrected chi connectivity index (χ4v) is 4.19. The Morgan fingerprint density at radius 1 is 1.11 bits per heavy atom. The maximum absolute atomic E-state index is 12.6. The van der Waals surface area contributed by atoms with Crippen LogP contribution in [0.25, 0.3) is 10.9 Å². The minimum absolute atomic E-state index is 0.0413. The first-order chi connectivity index (χ1) is 13.1. The van der Waals surface area contributed by atoms with E-state index in [-0.39, 0.29) is 11.7 Å². The second kappa shape index (κ2) is 7.48. The molecule has 1 amide bonds. The molecule has 0 aliphatic carbocycles. The predicted molar refractivity (Wildman–Crippen MR) is 107 cm³/mol. The topological polar surface area (TPSA) is 63.2 Å². The second-order valence-corrected chi connectivity index (χ2v) is 7.46. The molecule has 0 bridgehead atoms. The van der Waals surface area contributed by atoms with Crippen molar-refractivity contribution in [3.05, 3.63) is 59.9 Å². The maximum Gasteiger partial charge on any atom is 0.227 e. The third-order valence-corrected chi connectivity index (χ3v) is 5.59. The summed E-state index contributed by atoms with van der Waals surface area (Å²) in [5.41, 5.74) is 2.40. The minimum Gasteiger partial charge on any atom is -0.312 e. The standard InChI is InChI=1S/C21H19N3O2S/c1-14-22-18-6-3-2-5-17(18)21(23-14)27-13-19(25)15-8-10-16(11-9-15)24-12-4-7-20(24)26/h2-3,5-6,8-11H,4,7,12-13H2,1H3. The Labute approximate surface area is 161 Å². The first-order valence-electron chi connectivity index (χ1n) is 8.91. The second-order valence-electron chi connectivity index (χ2n) is 6.50. The Balaban J connectivity index is 1.48. The van der Waals surface area contributed by atoms with Crippen molar-refractivity contribution in [2.45, 2.75) is 24.8 Å². The van der Waals surface area contributed by atoms with Gasteiger partial charge in [0.15, 0.2) is 5.78 Å². The minimum atomic E-state index is 0.0413. The van der Waals surface area contributed by atoms with Gasteiger partial charge >= 0.3 is 0 Å². The van der Waals surface area contributed by atoms with Crippen molar-refractivity contribution in [2.24, 2.45) is 0 Å². The number of anilines is 1. The van der Waals surface area contributed by atoms with Gasteiger partial charge in [0, 0.05) is 29.6 Å². The van der Waals surface area contributed by atoms with Gasteiger partial charge in [-0.1, -0.05) is 30.0 Å². The van der Waals surface area contributed by atoms with Gasteiger partial charge in [0.2, 0.25) is 5.91 Å². The van der Waals surface area contributed by atoms with Crippen molar-refractivity contribution in [1.29, 1.82) is 0 Å².